The Morgan fingerprint density at radius 2 is 1.97 bits per heavy atom. The van der Waals surface area contributed by atoms with Crippen LogP contribution in [0.2, 0.25) is 0 Å². The Kier molecular flexibility index (Phi) is 5.78. The monoisotopic (exact) mass is 464 g/mol. The Morgan fingerprint density at radius 3 is 2.73 bits per heavy atom. The number of amides is 1. The molecular weight excluding hydrogens is 440 g/mol. The minimum Gasteiger partial charge on any atom is -0.481 e. The van der Waals surface area contributed by atoms with Crippen LogP contribution in [0.3, 0.4) is 0 Å². The molecule has 0 radical (unpaired) electrons. The predicted molar refractivity (Wildman–Crippen MR) is 126 cm³/mol. The molecule has 4 aromatic rings. The molecule has 1 aliphatic rings. The molecule has 4 aromatic heterocycles. The van der Waals surface area contributed by atoms with Gasteiger partial charge in [-0.05, 0) is 37.8 Å². The van der Waals surface area contributed by atoms with Crippen LogP contribution < -0.4 is 21.1 Å². The van der Waals surface area contributed by atoms with Crippen LogP contribution in [0.5, 0.6) is 5.88 Å². The summed E-state index contributed by atoms with van der Waals surface area (Å²) >= 11 is 1.60. The zero-order chi connectivity index (χ0) is 22.8. The molecule has 33 heavy (non-hydrogen) atoms. The lowest BCUT2D eigenvalue weighted by molar-refractivity contribution is 0.0928. The van der Waals surface area contributed by atoms with E-state index < -0.39 is 0 Å². The Hall–Kier alpha value is -3.73. The molecule has 5 rings (SSSR count). The fraction of sp³-hybridized carbons (Fsp3) is 0.318. The molecule has 1 saturated carbocycles. The number of nitrogens with one attached hydrogen (secondary N) is 2. The maximum atomic E-state index is 13.3. The van der Waals surface area contributed by atoms with Gasteiger partial charge in [-0.1, -0.05) is 0 Å². The number of rotatable bonds is 6. The molecule has 1 fully saturated rings. The lowest BCUT2D eigenvalue weighted by Crippen LogP contribution is -2.40. The number of hydrogen-bond acceptors (Lipinski definition) is 9. The second kappa shape index (κ2) is 9.02. The highest BCUT2D eigenvalue weighted by Gasteiger charge is 2.26. The first-order chi connectivity index (χ1) is 16.1. The van der Waals surface area contributed by atoms with Crippen LogP contribution in [0.15, 0.2) is 42.3 Å². The number of pyridine rings is 1. The Bertz CT molecular complexity index is 1260. The molecule has 0 spiro atoms. The van der Waals surface area contributed by atoms with Gasteiger partial charge in [0.2, 0.25) is 5.88 Å². The Morgan fingerprint density at radius 1 is 1.15 bits per heavy atom. The van der Waals surface area contributed by atoms with Crippen molar-refractivity contribution in [2.24, 2.45) is 0 Å². The summed E-state index contributed by atoms with van der Waals surface area (Å²) in [4.78, 5) is 25.8. The number of methoxy groups -OCH3 is 1. The average Bonchev–Trinajstić information content (AvgIpc) is 3.49. The maximum absolute atomic E-state index is 13.3. The number of anilines is 2. The summed E-state index contributed by atoms with van der Waals surface area (Å²) in [5.41, 5.74) is 8.61. The summed E-state index contributed by atoms with van der Waals surface area (Å²) in [5.74, 6) is 0.537. The van der Waals surface area contributed by atoms with E-state index in [0.717, 1.165) is 36.4 Å². The van der Waals surface area contributed by atoms with Crippen LogP contribution in [0.25, 0.3) is 16.8 Å². The van der Waals surface area contributed by atoms with Crippen LogP contribution in [-0.4, -0.2) is 49.7 Å². The van der Waals surface area contributed by atoms with E-state index in [-0.39, 0.29) is 17.8 Å². The quantitative estimate of drug-likeness (QED) is 0.397. The fourth-order valence-electron chi connectivity index (χ4n) is 4.24. The van der Waals surface area contributed by atoms with E-state index in [2.05, 4.69) is 30.7 Å². The second-order valence-corrected chi connectivity index (χ2v) is 8.83. The standard InChI is InChI=1S/C22H24N8O2S/c1-32-18-10-13(6-7-24-18)17-11-16(19-20(23)26-12-27-30(17)19)21(31)28-14-2-4-15(5-3-14)29-22-25-8-9-33-22/h6-12,14-15H,2-5H2,1H3,(H,25,29)(H,28,31)(H2,23,26,27)/t14-,15-. The number of nitrogen functional groups attached to an aromatic ring is 1. The molecule has 0 atom stereocenters. The summed E-state index contributed by atoms with van der Waals surface area (Å²) in [5, 5.41) is 13.9. The Balaban J connectivity index is 1.35. The minimum atomic E-state index is -0.183. The largest absolute Gasteiger partial charge is 0.481 e. The van der Waals surface area contributed by atoms with Crippen molar-refractivity contribution in [3.8, 4) is 17.1 Å². The van der Waals surface area contributed by atoms with E-state index in [4.69, 9.17) is 10.5 Å². The second-order valence-electron chi connectivity index (χ2n) is 7.94. The van der Waals surface area contributed by atoms with Gasteiger partial charge in [0.15, 0.2) is 10.9 Å². The van der Waals surface area contributed by atoms with Crippen molar-refractivity contribution in [1.82, 2.24) is 29.9 Å². The summed E-state index contributed by atoms with van der Waals surface area (Å²) in [7, 11) is 1.56. The van der Waals surface area contributed by atoms with E-state index >= 15 is 0 Å². The maximum Gasteiger partial charge on any atom is 0.253 e. The summed E-state index contributed by atoms with van der Waals surface area (Å²) in [6, 6.07) is 5.88. The molecule has 170 valence electrons. The molecule has 1 amide bonds. The van der Waals surface area contributed by atoms with Crippen LogP contribution in [0, 0.1) is 0 Å². The molecular formula is C22H24N8O2S. The predicted octanol–water partition coefficient (Wildman–Crippen LogP) is 2.99. The van der Waals surface area contributed by atoms with E-state index in [1.165, 1.54) is 6.33 Å². The van der Waals surface area contributed by atoms with Gasteiger partial charge in [0.05, 0.1) is 18.4 Å². The molecule has 1 aliphatic carbocycles. The van der Waals surface area contributed by atoms with Crippen molar-refractivity contribution in [3.05, 3.63) is 47.9 Å². The number of nitrogens with zero attached hydrogens (tertiary/aromatic N) is 5. The van der Waals surface area contributed by atoms with Crippen molar-refractivity contribution in [1.29, 1.82) is 0 Å². The minimum absolute atomic E-state index is 0.0946. The van der Waals surface area contributed by atoms with Gasteiger partial charge in [-0.3, -0.25) is 4.79 Å². The highest BCUT2D eigenvalue weighted by Crippen LogP contribution is 2.30. The molecule has 0 aromatic carbocycles. The SMILES string of the molecule is COc1cc(-c2cc(C(=O)N[C@H]3CC[C@H](Nc4nccs4)CC3)c3c(N)ncnn23)ccn1. The Labute approximate surface area is 194 Å². The van der Waals surface area contributed by atoms with Gasteiger partial charge in [0.1, 0.15) is 11.8 Å². The molecule has 11 heteroatoms. The lowest BCUT2D eigenvalue weighted by Gasteiger charge is -2.29. The first-order valence-electron chi connectivity index (χ1n) is 10.7. The highest BCUT2D eigenvalue weighted by atomic mass is 32.1. The van der Waals surface area contributed by atoms with E-state index in [1.54, 1.807) is 47.5 Å². The van der Waals surface area contributed by atoms with E-state index in [1.807, 2.05) is 11.4 Å². The molecule has 0 aliphatic heterocycles. The number of ether oxygens (including phenoxy) is 1. The number of aromatic nitrogens is 5. The molecule has 0 saturated heterocycles. The lowest BCUT2D eigenvalue weighted by atomic mass is 9.91. The van der Waals surface area contributed by atoms with Crippen molar-refractivity contribution >= 4 is 33.7 Å². The smallest absolute Gasteiger partial charge is 0.253 e. The first-order valence-corrected chi connectivity index (χ1v) is 11.6. The fourth-order valence-corrected chi connectivity index (χ4v) is 4.85. The van der Waals surface area contributed by atoms with Gasteiger partial charge in [-0.25, -0.2) is 19.5 Å². The third kappa shape index (κ3) is 4.31. The average molecular weight is 465 g/mol. The molecule has 0 unspecified atom stereocenters. The van der Waals surface area contributed by atoms with Crippen LogP contribution >= 0.6 is 11.3 Å². The topological polar surface area (TPSA) is 132 Å². The third-order valence-electron chi connectivity index (χ3n) is 5.89. The van der Waals surface area contributed by atoms with Crippen LogP contribution in [-0.2, 0) is 0 Å². The number of thiazole rings is 1. The number of carbonyl (C=O) groups is 1. The number of fused-ring (bicyclic) bond motifs is 1. The molecule has 10 nitrogen and oxygen atoms in total. The van der Waals surface area contributed by atoms with Gasteiger partial charge >= 0.3 is 0 Å². The zero-order valence-electron chi connectivity index (χ0n) is 18.1. The zero-order valence-corrected chi connectivity index (χ0v) is 18.9. The molecule has 4 N–H and O–H groups in total. The van der Waals surface area contributed by atoms with Crippen molar-refractivity contribution in [2.75, 3.05) is 18.2 Å². The van der Waals surface area contributed by atoms with Crippen molar-refractivity contribution in [2.45, 2.75) is 37.8 Å². The van der Waals surface area contributed by atoms with Gasteiger partial charge in [-0.15, -0.1) is 11.3 Å². The van der Waals surface area contributed by atoms with Gasteiger partial charge in [0.25, 0.3) is 5.91 Å². The van der Waals surface area contributed by atoms with Crippen LogP contribution in [0.4, 0.5) is 10.9 Å². The number of carbonyl (C=O) groups excluding carboxylic acids is 1. The van der Waals surface area contributed by atoms with Gasteiger partial charge in [-0.2, -0.15) is 5.10 Å². The number of nitrogens with two attached hydrogens (primary N) is 1. The summed E-state index contributed by atoms with van der Waals surface area (Å²) in [6.45, 7) is 0. The van der Waals surface area contributed by atoms with E-state index in [0.29, 0.717) is 28.7 Å². The van der Waals surface area contributed by atoms with Crippen LogP contribution in [0.1, 0.15) is 36.0 Å². The summed E-state index contributed by atoms with van der Waals surface area (Å²) in [6.07, 6.45) is 8.54. The number of hydrogen-bond donors (Lipinski definition) is 3. The summed E-state index contributed by atoms with van der Waals surface area (Å²) < 4.78 is 6.88. The van der Waals surface area contributed by atoms with Gasteiger partial charge in [0, 0.05) is 41.5 Å². The molecule has 0 bridgehead atoms. The van der Waals surface area contributed by atoms with Crippen molar-refractivity contribution in [3.63, 3.8) is 0 Å². The normalized spacial score (nSPS) is 18.2. The van der Waals surface area contributed by atoms with Crippen molar-refractivity contribution < 1.29 is 9.53 Å². The highest BCUT2D eigenvalue weighted by molar-refractivity contribution is 7.13. The van der Waals surface area contributed by atoms with Gasteiger partial charge < -0.3 is 21.1 Å². The third-order valence-corrected chi connectivity index (χ3v) is 6.59. The van der Waals surface area contributed by atoms with E-state index in [9.17, 15) is 4.79 Å². The first kappa shape index (κ1) is 21.1. The molecule has 4 heterocycles.